The molecule has 0 saturated carbocycles. The summed E-state index contributed by atoms with van der Waals surface area (Å²) in [6, 6.07) is 0.283. The van der Waals surface area contributed by atoms with E-state index in [1.54, 1.807) is 6.33 Å². The molecular weight excluding hydrogens is 242 g/mol. The average molecular weight is 263 g/mol. The summed E-state index contributed by atoms with van der Waals surface area (Å²) in [5, 5.41) is 6.51. The molecule has 0 radical (unpaired) electrons. The molecule has 2 aromatic heterocycles. The monoisotopic (exact) mass is 263 g/mol. The van der Waals surface area contributed by atoms with Crippen molar-refractivity contribution in [1.82, 2.24) is 24.8 Å². The average Bonchev–Trinajstić information content (AvgIpc) is 2.76. The first-order chi connectivity index (χ1) is 9.10. The molecule has 2 aromatic rings. The Balaban J connectivity index is 2.26. The van der Waals surface area contributed by atoms with E-state index in [9.17, 15) is 0 Å². The highest BCUT2D eigenvalue weighted by atomic mass is 15.2. The van der Waals surface area contributed by atoms with Gasteiger partial charge in [0.2, 0.25) is 5.95 Å². The van der Waals surface area contributed by atoms with Crippen LogP contribution in [0.5, 0.6) is 0 Å². The summed E-state index contributed by atoms with van der Waals surface area (Å²) in [5.41, 5.74) is 1.51. The van der Waals surface area contributed by atoms with Crippen LogP contribution in [0.2, 0.25) is 0 Å². The minimum Gasteiger partial charge on any atom is -0.364 e. The smallest absolute Gasteiger partial charge is 0.226 e. The van der Waals surface area contributed by atoms with Crippen molar-refractivity contribution in [2.45, 2.75) is 19.9 Å². The van der Waals surface area contributed by atoms with Crippen molar-refractivity contribution in [2.75, 3.05) is 37.8 Å². The Hall–Kier alpha value is -1.89. The molecule has 7 heteroatoms. The number of nitrogens with zero attached hydrogens (tertiary/aromatic N) is 4. The zero-order valence-corrected chi connectivity index (χ0v) is 11.9. The van der Waals surface area contributed by atoms with E-state index in [1.807, 2.05) is 21.0 Å². The van der Waals surface area contributed by atoms with E-state index in [4.69, 9.17) is 0 Å². The number of fused-ring (bicyclic) bond motifs is 1. The van der Waals surface area contributed by atoms with Gasteiger partial charge in [-0.2, -0.15) is 9.97 Å². The van der Waals surface area contributed by atoms with Crippen LogP contribution in [0, 0.1) is 0 Å². The lowest BCUT2D eigenvalue weighted by molar-refractivity contribution is 0.392. The third-order valence-electron chi connectivity index (χ3n) is 2.64. The molecule has 1 atom stereocenters. The molecule has 3 N–H and O–H groups in total. The zero-order valence-electron chi connectivity index (χ0n) is 11.9. The van der Waals surface area contributed by atoms with E-state index >= 15 is 0 Å². The summed E-state index contributed by atoms with van der Waals surface area (Å²) in [7, 11) is 4.10. The zero-order chi connectivity index (χ0) is 13.8. The van der Waals surface area contributed by atoms with E-state index in [-0.39, 0.29) is 6.04 Å². The maximum atomic E-state index is 4.49. The van der Waals surface area contributed by atoms with Crippen molar-refractivity contribution in [3.8, 4) is 0 Å². The Kier molecular flexibility index (Phi) is 4.16. The third-order valence-corrected chi connectivity index (χ3v) is 2.64. The summed E-state index contributed by atoms with van der Waals surface area (Å²) in [6.45, 7) is 5.84. The number of H-pyrrole nitrogens is 1. The number of imidazole rings is 1. The number of hydrogen-bond donors (Lipinski definition) is 3. The maximum absolute atomic E-state index is 4.49. The summed E-state index contributed by atoms with van der Waals surface area (Å²) in [4.78, 5) is 18.2. The van der Waals surface area contributed by atoms with Crippen molar-refractivity contribution >= 4 is 22.9 Å². The molecule has 0 amide bonds. The van der Waals surface area contributed by atoms with Crippen LogP contribution in [0.1, 0.15) is 13.8 Å². The van der Waals surface area contributed by atoms with Crippen molar-refractivity contribution in [1.29, 1.82) is 0 Å². The number of anilines is 2. The Bertz CT molecular complexity index is 534. The Morgan fingerprint density at radius 3 is 2.84 bits per heavy atom. The molecule has 0 saturated heterocycles. The predicted molar refractivity (Wildman–Crippen MR) is 77.5 cm³/mol. The molecular formula is C12H21N7. The van der Waals surface area contributed by atoms with Crippen LogP contribution < -0.4 is 10.6 Å². The SMILES string of the molecule is CCNc1nc(NC(C)CN(C)C)c2[nH]cnc2n1. The quantitative estimate of drug-likeness (QED) is 0.725. The number of aromatic nitrogens is 4. The molecule has 0 aliphatic carbocycles. The topological polar surface area (TPSA) is 81.8 Å². The van der Waals surface area contributed by atoms with Crippen molar-refractivity contribution in [2.24, 2.45) is 0 Å². The first-order valence-electron chi connectivity index (χ1n) is 6.46. The van der Waals surface area contributed by atoms with Crippen molar-refractivity contribution in [3.63, 3.8) is 0 Å². The molecule has 7 nitrogen and oxygen atoms in total. The van der Waals surface area contributed by atoms with Crippen LogP contribution >= 0.6 is 0 Å². The summed E-state index contributed by atoms with van der Waals surface area (Å²) < 4.78 is 0. The molecule has 0 spiro atoms. The first kappa shape index (κ1) is 13.5. The van der Waals surface area contributed by atoms with Gasteiger partial charge in [-0.05, 0) is 27.9 Å². The lowest BCUT2D eigenvalue weighted by atomic mass is 10.3. The molecule has 0 aromatic carbocycles. The maximum Gasteiger partial charge on any atom is 0.226 e. The molecule has 0 aliphatic rings. The standard InChI is InChI=1S/C12H21N7/c1-5-13-12-17-10-9(14-7-15-10)11(18-12)16-8(2)6-19(3)4/h7-8H,5-6H2,1-4H3,(H3,13,14,15,16,17,18). The largest absolute Gasteiger partial charge is 0.364 e. The van der Waals surface area contributed by atoms with Crippen molar-refractivity contribution in [3.05, 3.63) is 6.33 Å². The van der Waals surface area contributed by atoms with Gasteiger partial charge in [0.25, 0.3) is 0 Å². The van der Waals surface area contributed by atoms with E-state index in [2.05, 4.69) is 42.4 Å². The van der Waals surface area contributed by atoms with E-state index < -0.39 is 0 Å². The van der Waals surface area contributed by atoms with Gasteiger partial charge in [0, 0.05) is 19.1 Å². The normalized spacial score (nSPS) is 12.9. The van der Waals surface area contributed by atoms with Gasteiger partial charge in [-0.15, -0.1) is 0 Å². The highest BCUT2D eigenvalue weighted by Gasteiger charge is 2.12. The van der Waals surface area contributed by atoms with Crippen molar-refractivity contribution < 1.29 is 0 Å². The molecule has 2 heterocycles. The Labute approximate surface area is 112 Å². The Morgan fingerprint density at radius 2 is 2.16 bits per heavy atom. The van der Waals surface area contributed by atoms with Crippen LogP contribution in [0.4, 0.5) is 11.8 Å². The molecule has 0 bridgehead atoms. The first-order valence-corrected chi connectivity index (χ1v) is 6.46. The number of aromatic amines is 1. The summed E-state index contributed by atoms with van der Waals surface area (Å²) in [6.07, 6.45) is 1.64. The fourth-order valence-corrected chi connectivity index (χ4v) is 2.00. The minimum absolute atomic E-state index is 0.283. The second-order valence-corrected chi connectivity index (χ2v) is 4.83. The number of likely N-dealkylation sites (N-methyl/N-ethyl adjacent to an activating group) is 1. The van der Waals surface area contributed by atoms with Gasteiger partial charge in [0.05, 0.1) is 6.33 Å². The van der Waals surface area contributed by atoms with Crippen LogP contribution in [-0.4, -0.2) is 58.1 Å². The van der Waals surface area contributed by atoms with Gasteiger partial charge in [-0.25, -0.2) is 4.98 Å². The molecule has 0 fully saturated rings. The summed E-state index contributed by atoms with van der Waals surface area (Å²) >= 11 is 0. The molecule has 104 valence electrons. The van der Waals surface area contributed by atoms with Gasteiger partial charge in [-0.1, -0.05) is 0 Å². The second-order valence-electron chi connectivity index (χ2n) is 4.83. The highest BCUT2D eigenvalue weighted by Crippen LogP contribution is 2.19. The van der Waals surface area contributed by atoms with Crippen LogP contribution in [0.15, 0.2) is 6.33 Å². The predicted octanol–water partition coefficient (Wildman–Crippen LogP) is 1.15. The van der Waals surface area contributed by atoms with Crippen LogP contribution in [0.3, 0.4) is 0 Å². The van der Waals surface area contributed by atoms with E-state index in [0.29, 0.717) is 11.6 Å². The van der Waals surface area contributed by atoms with Gasteiger partial charge in [-0.3, -0.25) is 0 Å². The lowest BCUT2D eigenvalue weighted by Gasteiger charge is -2.19. The fourth-order valence-electron chi connectivity index (χ4n) is 2.00. The molecule has 0 aliphatic heterocycles. The van der Waals surface area contributed by atoms with Gasteiger partial charge in [0.1, 0.15) is 5.52 Å². The lowest BCUT2D eigenvalue weighted by Crippen LogP contribution is -2.30. The second kappa shape index (κ2) is 5.83. The van der Waals surface area contributed by atoms with Crippen LogP contribution in [-0.2, 0) is 0 Å². The van der Waals surface area contributed by atoms with Crippen LogP contribution in [0.25, 0.3) is 11.2 Å². The van der Waals surface area contributed by atoms with Gasteiger partial charge < -0.3 is 20.5 Å². The van der Waals surface area contributed by atoms with E-state index in [1.165, 1.54) is 0 Å². The number of nitrogens with one attached hydrogen (secondary N) is 3. The molecule has 1 unspecified atom stereocenters. The number of rotatable bonds is 6. The molecule has 2 rings (SSSR count). The minimum atomic E-state index is 0.283. The third kappa shape index (κ3) is 3.31. The van der Waals surface area contributed by atoms with Gasteiger partial charge >= 0.3 is 0 Å². The Morgan fingerprint density at radius 1 is 1.37 bits per heavy atom. The molecule has 19 heavy (non-hydrogen) atoms. The highest BCUT2D eigenvalue weighted by molar-refractivity contribution is 5.83. The van der Waals surface area contributed by atoms with Gasteiger partial charge in [0.15, 0.2) is 11.5 Å². The van der Waals surface area contributed by atoms with E-state index in [0.717, 1.165) is 24.4 Å². The number of hydrogen-bond acceptors (Lipinski definition) is 6. The summed E-state index contributed by atoms with van der Waals surface area (Å²) in [5.74, 6) is 1.38. The fraction of sp³-hybridized carbons (Fsp3) is 0.583.